The lowest BCUT2D eigenvalue weighted by molar-refractivity contribution is -0.106. The topological polar surface area (TPSA) is 17.1 Å². The molecule has 0 amide bonds. The van der Waals surface area contributed by atoms with E-state index in [0.29, 0.717) is 0 Å². The van der Waals surface area contributed by atoms with Crippen LogP contribution in [0.25, 0.3) is 0 Å². The highest BCUT2D eigenvalue weighted by Crippen LogP contribution is 2.27. The van der Waals surface area contributed by atoms with Crippen LogP contribution in [0.3, 0.4) is 0 Å². The van der Waals surface area contributed by atoms with Crippen LogP contribution in [-0.4, -0.2) is 19.0 Å². The van der Waals surface area contributed by atoms with Gasteiger partial charge in [-0.25, -0.2) is 0 Å². The Kier molecular flexibility index (Phi) is 2.41. The predicted octanol–water partition coefficient (Wildman–Crippen LogP) is 2.01. The van der Waals surface area contributed by atoms with Crippen LogP contribution in [0.1, 0.15) is 0 Å². The molecule has 1 atom stereocenters. The zero-order valence-corrected chi connectivity index (χ0v) is 5.09. The molecule has 0 N–H and O–H groups in total. The lowest BCUT2D eigenvalue weighted by Gasteiger charge is -1.99. The average molecular weight is 145 g/mol. The summed E-state index contributed by atoms with van der Waals surface area (Å²) in [5.74, 6) is 0. The number of halogens is 3. The van der Waals surface area contributed by atoms with Gasteiger partial charge in [0, 0.05) is 6.66 Å². The van der Waals surface area contributed by atoms with Crippen LogP contribution in [0.2, 0.25) is 0 Å². The number of hydrogen-bond acceptors (Lipinski definition) is 1. The molecule has 0 saturated heterocycles. The van der Waals surface area contributed by atoms with Crippen molar-refractivity contribution in [1.29, 1.82) is 0 Å². The lowest BCUT2D eigenvalue weighted by atomic mass is 10.8. The maximum Gasteiger partial charge on any atom is 0.398 e. The molecule has 0 aliphatic heterocycles. The van der Waals surface area contributed by atoms with Gasteiger partial charge in [0.05, 0.1) is 7.80 Å². The van der Waals surface area contributed by atoms with Crippen molar-refractivity contribution >= 4 is 7.80 Å². The second-order valence-electron chi connectivity index (χ2n) is 1.40. The largest absolute Gasteiger partial charge is 0.398 e. The van der Waals surface area contributed by atoms with Gasteiger partial charge in [-0.05, 0) is 0 Å². The van der Waals surface area contributed by atoms with Crippen LogP contribution in [-0.2, 0) is 4.57 Å². The Hall–Kier alpha value is -0.110. The van der Waals surface area contributed by atoms with Crippen LogP contribution in [0.5, 0.6) is 0 Å². The van der Waals surface area contributed by atoms with Crippen LogP contribution in [0, 0.1) is 0 Å². The summed E-state index contributed by atoms with van der Waals surface area (Å²) in [6.45, 7) is 1.06. The van der Waals surface area contributed by atoms with Gasteiger partial charge in [-0.3, -0.25) is 4.57 Å². The van der Waals surface area contributed by atoms with Crippen molar-refractivity contribution in [3.63, 3.8) is 0 Å². The van der Waals surface area contributed by atoms with E-state index in [2.05, 4.69) is 0 Å². The van der Waals surface area contributed by atoms with Crippen molar-refractivity contribution in [3.8, 4) is 0 Å². The smallest absolute Gasteiger partial charge is 0.287 e. The molecule has 0 bridgehead atoms. The highest BCUT2D eigenvalue weighted by molar-refractivity contribution is 7.43. The second kappa shape index (κ2) is 2.44. The minimum absolute atomic E-state index is 1.06. The maximum absolute atomic E-state index is 11.1. The minimum Gasteiger partial charge on any atom is -0.287 e. The van der Waals surface area contributed by atoms with Gasteiger partial charge in [0.25, 0.3) is 0 Å². The Balaban J connectivity index is 3.55. The molecule has 0 aliphatic rings. The standard InChI is InChI=1S/C3H5F3OP/c1-8(7)2-3(4,5)6/h2H2,1H3. The Labute approximate surface area is 45.7 Å². The molecule has 5 heteroatoms. The summed E-state index contributed by atoms with van der Waals surface area (Å²) in [6, 6.07) is 0. The monoisotopic (exact) mass is 145 g/mol. The third-order valence-corrected chi connectivity index (χ3v) is 1.21. The Bertz CT molecular complexity index is 97.2. The quantitative estimate of drug-likeness (QED) is 0.515. The van der Waals surface area contributed by atoms with Crippen LogP contribution in [0.15, 0.2) is 0 Å². The summed E-state index contributed by atoms with van der Waals surface area (Å²) in [7, 11) is -2.06. The molecule has 0 fully saturated rings. The molecule has 0 aromatic heterocycles. The first kappa shape index (κ1) is 7.89. The van der Waals surface area contributed by atoms with E-state index in [1.165, 1.54) is 0 Å². The van der Waals surface area contributed by atoms with E-state index in [4.69, 9.17) is 0 Å². The predicted molar refractivity (Wildman–Crippen MR) is 24.5 cm³/mol. The van der Waals surface area contributed by atoms with E-state index in [9.17, 15) is 17.7 Å². The Morgan fingerprint density at radius 2 is 1.88 bits per heavy atom. The van der Waals surface area contributed by atoms with E-state index in [1.54, 1.807) is 0 Å². The molecule has 0 rings (SSSR count). The summed E-state index contributed by atoms with van der Waals surface area (Å²) in [4.78, 5) is 0. The van der Waals surface area contributed by atoms with E-state index >= 15 is 0 Å². The van der Waals surface area contributed by atoms with E-state index in [1.807, 2.05) is 0 Å². The van der Waals surface area contributed by atoms with Crippen LogP contribution >= 0.6 is 7.80 Å². The molecule has 49 valence electrons. The first-order valence-corrected chi connectivity index (χ1v) is 3.76. The SMILES string of the molecule is C[P](=O)CC(F)(F)F. The van der Waals surface area contributed by atoms with Gasteiger partial charge in [-0.1, -0.05) is 0 Å². The summed E-state index contributed by atoms with van der Waals surface area (Å²) in [5.41, 5.74) is 0. The number of alkyl halides is 3. The number of hydrogen-bond donors (Lipinski definition) is 0. The van der Waals surface area contributed by atoms with Crippen LogP contribution in [0.4, 0.5) is 13.2 Å². The average Bonchev–Trinajstić information content (AvgIpc) is 1.21. The molecule has 1 radical (unpaired) electrons. The van der Waals surface area contributed by atoms with Gasteiger partial charge in [-0.2, -0.15) is 13.2 Å². The Morgan fingerprint density at radius 3 is 1.88 bits per heavy atom. The van der Waals surface area contributed by atoms with Crippen molar-refractivity contribution < 1.29 is 17.7 Å². The second-order valence-corrected chi connectivity index (χ2v) is 2.97. The van der Waals surface area contributed by atoms with Gasteiger partial charge in [-0.15, -0.1) is 0 Å². The lowest BCUT2D eigenvalue weighted by Crippen LogP contribution is -2.09. The van der Waals surface area contributed by atoms with Gasteiger partial charge in [0.2, 0.25) is 0 Å². The first-order chi connectivity index (χ1) is 3.42. The van der Waals surface area contributed by atoms with Gasteiger partial charge in [0.15, 0.2) is 0 Å². The molecule has 1 unspecified atom stereocenters. The molecular weight excluding hydrogens is 140 g/mol. The molecular formula is C3H5F3OP. The molecule has 0 spiro atoms. The van der Waals surface area contributed by atoms with E-state index < -0.39 is 20.1 Å². The highest BCUT2D eigenvalue weighted by Gasteiger charge is 2.28. The summed E-state index contributed by atoms with van der Waals surface area (Å²) < 4.78 is 43.3. The third kappa shape index (κ3) is 5.89. The molecule has 0 aromatic carbocycles. The summed E-state index contributed by atoms with van der Waals surface area (Å²) in [5, 5.41) is 0. The Morgan fingerprint density at radius 1 is 1.50 bits per heavy atom. The van der Waals surface area contributed by atoms with Crippen molar-refractivity contribution in [2.24, 2.45) is 0 Å². The zero-order valence-electron chi connectivity index (χ0n) is 4.20. The fraction of sp³-hybridized carbons (Fsp3) is 1.00. The molecule has 0 saturated carbocycles. The van der Waals surface area contributed by atoms with Gasteiger partial charge < -0.3 is 0 Å². The summed E-state index contributed by atoms with van der Waals surface area (Å²) in [6.07, 6.45) is -5.43. The summed E-state index contributed by atoms with van der Waals surface area (Å²) >= 11 is 0. The van der Waals surface area contributed by atoms with E-state index in [-0.39, 0.29) is 0 Å². The third-order valence-electron chi connectivity index (χ3n) is 0.402. The molecule has 0 heterocycles. The van der Waals surface area contributed by atoms with Crippen molar-refractivity contribution in [2.75, 3.05) is 12.8 Å². The minimum atomic E-state index is -4.26. The van der Waals surface area contributed by atoms with Crippen molar-refractivity contribution in [1.82, 2.24) is 0 Å². The highest BCUT2D eigenvalue weighted by atomic mass is 31.1. The maximum atomic E-state index is 11.1. The first-order valence-electron chi connectivity index (χ1n) is 1.87. The van der Waals surface area contributed by atoms with Crippen LogP contribution < -0.4 is 0 Å². The fourth-order valence-electron chi connectivity index (χ4n) is 0.252. The normalized spacial score (nSPS) is 13.8. The molecule has 8 heavy (non-hydrogen) atoms. The zero-order chi connectivity index (χ0) is 6.78. The molecule has 0 aliphatic carbocycles. The van der Waals surface area contributed by atoms with E-state index in [0.717, 1.165) is 6.66 Å². The fourth-order valence-corrected chi connectivity index (χ4v) is 0.757. The number of rotatable bonds is 1. The molecule has 1 nitrogen and oxygen atoms in total. The van der Waals surface area contributed by atoms with Gasteiger partial charge >= 0.3 is 6.18 Å². The van der Waals surface area contributed by atoms with Gasteiger partial charge in [0.1, 0.15) is 6.16 Å². The molecule has 0 aromatic rings. The van der Waals surface area contributed by atoms with Crippen molar-refractivity contribution in [2.45, 2.75) is 6.18 Å². The van der Waals surface area contributed by atoms with Crippen molar-refractivity contribution in [3.05, 3.63) is 0 Å².